The third-order valence-corrected chi connectivity index (χ3v) is 4.22. The number of aromatic nitrogens is 2. The fourth-order valence-corrected chi connectivity index (χ4v) is 2.61. The molecule has 1 aromatic heterocycles. The SMILES string of the molecule is CNC(Cc1ccn(C(C)C)n1)c1ccc(SC)cc1. The Morgan fingerprint density at radius 2 is 1.90 bits per heavy atom. The van der Waals surface area contributed by atoms with Crippen LogP contribution in [0.4, 0.5) is 0 Å². The summed E-state index contributed by atoms with van der Waals surface area (Å²) in [6.07, 6.45) is 5.07. The number of benzene rings is 1. The van der Waals surface area contributed by atoms with Crippen LogP contribution in [0.2, 0.25) is 0 Å². The van der Waals surface area contributed by atoms with Crippen molar-refractivity contribution in [3.05, 3.63) is 47.8 Å². The number of rotatable bonds is 6. The van der Waals surface area contributed by atoms with E-state index in [0.717, 1.165) is 12.1 Å². The lowest BCUT2D eigenvalue weighted by atomic mass is 10.0. The minimum absolute atomic E-state index is 0.307. The third kappa shape index (κ3) is 3.64. The van der Waals surface area contributed by atoms with Gasteiger partial charge in [-0.1, -0.05) is 12.1 Å². The highest BCUT2D eigenvalue weighted by atomic mass is 32.2. The van der Waals surface area contributed by atoms with Gasteiger partial charge in [-0.25, -0.2) is 0 Å². The van der Waals surface area contributed by atoms with E-state index in [-0.39, 0.29) is 0 Å². The van der Waals surface area contributed by atoms with E-state index in [0.29, 0.717) is 12.1 Å². The predicted octanol–water partition coefficient (Wildman–Crippen LogP) is 3.69. The molecule has 0 fully saturated rings. The van der Waals surface area contributed by atoms with Gasteiger partial charge < -0.3 is 5.32 Å². The van der Waals surface area contributed by atoms with E-state index < -0.39 is 0 Å². The molecular weight excluding hydrogens is 266 g/mol. The molecule has 3 nitrogen and oxygen atoms in total. The molecule has 1 N–H and O–H groups in total. The molecule has 0 spiro atoms. The molecule has 0 aliphatic rings. The van der Waals surface area contributed by atoms with Crippen LogP contribution in [0.15, 0.2) is 41.4 Å². The number of nitrogens with one attached hydrogen (secondary N) is 1. The minimum atomic E-state index is 0.307. The summed E-state index contributed by atoms with van der Waals surface area (Å²) in [4.78, 5) is 1.30. The number of nitrogens with zero attached hydrogens (tertiary/aromatic N) is 2. The lowest BCUT2D eigenvalue weighted by Gasteiger charge is -2.16. The zero-order valence-corrected chi connectivity index (χ0v) is 13.4. The Bertz CT molecular complexity index is 531. The van der Waals surface area contributed by atoms with Gasteiger partial charge in [-0.2, -0.15) is 5.10 Å². The Hall–Kier alpha value is -1.26. The molecular formula is C16H23N3S. The first kappa shape index (κ1) is 15.1. The van der Waals surface area contributed by atoms with Crippen LogP contribution in [-0.2, 0) is 6.42 Å². The average Bonchev–Trinajstić information content (AvgIpc) is 2.94. The average molecular weight is 289 g/mol. The van der Waals surface area contributed by atoms with Crippen LogP contribution in [0.25, 0.3) is 0 Å². The molecule has 4 heteroatoms. The third-order valence-electron chi connectivity index (χ3n) is 3.47. The molecule has 20 heavy (non-hydrogen) atoms. The summed E-state index contributed by atoms with van der Waals surface area (Å²) in [5.74, 6) is 0. The smallest absolute Gasteiger partial charge is 0.0643 e. The molecule has 2 aromatic rings. The van der Waals surface area contributed by atoms with Gasteiger partial charge in [0.2, 0.25) is 0 Å². The maximum absolute atomic E-state index is 4.63. The second kappa shape index (κ2) is 6.95. The lowest BCUT2D eigenvalue weighted by molar-refractivity contribution is 0.515. The fourth-order valence-electron chi connectivity index (χ4n) is 2.21. The van der Waals surface area contributed by atoms with Gasteiger partial charge in [0.1, 0.15) is 0 Å². The normalized spacial score (nSPS) is 12.8. The Kier molecular flexibility index (Phi) is 5.26. The number of thioether (sulfide) groups is 1. The second-order valence-corrected chi connectivity index (χ2v) is 6.08. The molecule has 0 aliphatic heterocycles. The summed E-state index contributed by atoms with van der Waals surface area (Å²) in [6.45, 7) is 4.29. The maximum atomic E-state index is 4.63. The van der Waals surface area contributed by atoms with Crippen LogP contribution < -0.4 is 5.32 Å². The van der Waals surface area contributed by atoms with E-state index >= 15 is 0 Å². The van der Waals surface area contributed by atoms with E-state index in [1.807, 2.05) is 11.7 Å². The second-order valence-electron chi connectivity index (χ2n) is 5.20. The van der Waals surface area contributed by atoms with E-state index in [4.69, 9.17) is 0 Å². The number of hydrogen-bond acceptors (Lipinski definition) is 3. The summed E-state index contributed by atoms with van der Waals surface area (Å²) in [6, 6.07) is 11.6. The van der Waals surface area contributed by atoms with Crippen LogP contribution in [0.3, 0.4) is 0 Å². The highest BCUT2D eigenvalue weighted by Crippen LogP contribution is 2.21. The lowest BCUT2D eigenvalue weighted by Crippen LogP contribution is -2.19. The molecule has 1 unspecified atom stereocenters. The van der Waals surface area contributed by atoms with Crippen LogP contribution in [0, 0.1) is 0 Å². The van der Waals surface area contributed by atoms with Gasteiger partial charge in [0.05, 0.1) is 5.69 Å². The first-order valence-electron chi connectivity index (χ1n) is 6.99. The van der Waals surface area contributed by atoms with Gasteiger partial charge >= 0.3 is 0 Å². The predicted molar refractivity (Wildman–Crippen MR) is 86.3 cm³/mol. The van der Waals surface area contributed by atoms with Crippen LogP contribution >= 0.6 is 11.8 Å². The van der Waals surface area contributed by atoms with E-state index in [2.05, 4.69) is 67.0 Å². The topological polar surface area (TPSA) is 29.9 Å². The molecule has 2 rings (SSSR count). The molecule has 0 bridgehead atoms. The molecule has 1 heterocycles. The van der Waals surface area contributed by atoms with Crippen molar-refractivity contribution in [3.8, 4) is 0 Å². The zero-order valence-electron chi connectivity index (χ0n) is 12.6. The Morgan fingerprint density at radius 3 is 2.40 bits per heavy atom. The van der Waals surface area contributed by atoms with Crippen molar-refractivity contribution >= 4 is 11.8 Å². The van der Waals surface area contributed by atoms with Crippen LogP contribution in [0.1, 0.15) is 37.2 Å². The van der Waals surface area contributed by atoms with Crippen LogP contribution in [0.5, 0.6) is 0 Å². The molecule has 0 saturated carbocycles. The molecule has 1 atom stereocenters. The number of likely N-dealkylation sites (N-methyl/N-ethyl adjacent to an activating group) is 1. The summed E-state index contributed by atoms with van der Waals surface area (Å²) in [5, 5.41) is 8.02. The van der Waals surface area contributed by atoms with Gasteiger partial charge in [-0.3, -0.25) is 4.68 Å². The standard InChI is InChI=1S/C16H23N3S/c1-12(2)19-10-9-14(18-19)11-16(17-3)13-5-7-15(20-4)8-6-13/h5-10,12,16-17H,11H2,1-4H3. The van der Waals surface area contributed by atoms with Crippen molar-refractivity contribution in [2.45, 2.75) is 37.2 Å². The van der Waals surface area contributed by atoms with Crippen molar-refractivity contribution in [3.63, 3.8) is 0 Å². The minimum Gasteiger partial charge on any atom is -0.313 e. The Morgan fingerprint density at radius 1 is 1.20 bits per heavy atom. The van der Waals surface area contributed by atoms with Crippen molar-refractivity contribution in [1.29, 1.82) is 0 Å². The molecule has 108 valence electrons. The van der Waals surface area contributed by atoms with Crippen molar-refractivity contribution < 1.29 is 0 Å². The summed E-state index contributed by atoms with van der Waals surface area (Å²) in [5.41, 5.74) is 2.44. The van der Waals surface area contributed by atoms with Crippen molar-refractivity contribution in [1.82, 2.24) is 15.1 Å². The monoisotopic (exact) mass is 289 g/mol. The van der Waals surface area contributed by atoms with E-state index in [1.165, 1.54) is 10.5 Å². The van der Waals surface area contributed by atoms with E-state index in [1.54, 1.807) is 11.8 Å². The van der Waals surface area contributed by atoms with Crippen molar-refractivity contribution in [2.24, 2.45) is 0 Å². The zero-order chi connectivity index (χ0) is 14.5. The quantitative estimate of drug-likeness (QED) is 0.823. The Labute approximate surface area is 125 Å². The first-order chi connectivity index (χ1) is 9.63. The molecule has 0 amide bonds. The molecule has 0 radical (unpaired) electrons. The summed E-state index contributed by atoms with van der Waals surface area (Å²) in [7, 11) is 2.01. The van der Waals surface area contributed by atoms with E-state index in [9.17, 15) is 0 Å². The molecule has 0 saturated heterocycles. The highest BCUT2D eigenvalue weighted by molar-refractivity contribution is 7.98. The van der Waals surface area contributed by atoms with Gasteiger partial charge in [0.25, 0.3) is 0 Å². The van der Waals surface area contributed by atoms with Gasteiger partial charge in [0.15, 0.2) is 0 Å². The molecule has 1 aromatic carbocycles. The summed E-state index contributed by atoms with van der Waals surface area (Å²) < 4.78 is 2.01. The fraction of sp³-hybridized carbons (Fsp3) is 0.438. The molecule has 0 aliphatic carbocycles. The van der Waals surface area contributed by atoms with Crippen LogP contribution in [-0.4, -0.2) is 23.1 Å². The Balaban J connectivity index is 2.10. The highest BCUT2D eigenvalue weighted by Gasteiger charge is 2.12. The summed E-state index contributed by atoms with van der Waals surface area (Å²) >= 11 is 1.77. The van der Waals surface area contributed by atoms with Gasteiger partial charge in [-0.05, 0) is 50.9 Å². The first-order valence-corrected chi connectivity index (χ1v) is 8.21. The van der Waals surface area contributed by atoms with Gasteiger partial charge in [-0.15, -0.1) is 11.8 Å². The van der Waals surface area contributed by atoms with Crippen molar-refractivity contribution in [2.75, 3.05) is 13.3 Å². The largest absolute Gasteiger partial charge is 0.313 e. The maximum Gasteiger partial charge on any atom is 0.0643 e. The van der Waals surface area contributed by atoms with Gasteiger partial charge in [0, 0.05) is 29.6 Å². The number of hydrogen-bond donors (Lipinski definition) is 1.